The van der Waals surface area contributed by atoms with Crippen LogP contribution < -0.4 is 0 Å². The molecule has 0 amide bonds. The normalized spacial score (nSPS) is 34.7. The van der Waals surface area contributed by atoms with Crippen molar-refractivity contribution >= 4 is 11.6 Å². The summed E-state index contributed by atoms with van der Waals surface area (Å²) in [7, 11) is 0. The summed E-state index contributed by atoms with van der Waals surface area (Å²) in [6, 6.07) is 0. The molecule has 0 aliphatic carbocycles. The van der Waals surface area contributed by atoms with Gasteiger partial charge in [0, 0.05) is 6.92 Å². The van der Waals surface area contributed by atoms with Crippen LogP contribution in [0.2, 0.25) is 0 Å². The predicted molar refractivity (Wildman–Crippen MR) is 35.3 cm³/mol. The van der Waals surface area contributed by atoms with E-state index in [0.29, 0.717) is 18.2 Å². The Hall–Kier alpha value is -0.210. The highest BCUT2D eigenvalue weighted by molar-refractivity contribution is 6.18. The van der Waals surface area contributed by atoms with Crippen molar-refractivity contribution in [2.75, 3.05) is 12.5 Å². The Morgan fingerprint density at radius 1 is 1.89 bits per heavy atom. The van der Waals surface area contributed by atoms with E-state index < -0.39 is 5.79 Å². The molecule has 1 aliphatic heterocycles. The average molecular weight is 149 g/mol. The fraction of sp³-hybridized carbons (Fsp3) is 0.667. The van der Waals surface area contributed by atoms with Gasteiger partial charge in [0.2, 0.25) is 5.79 Å². The van der Waals surface area contributed by atoms with Crippen molar-refractivity contribution in [1.29, 1.82) is 0 Å². The van der Waals surface area contributed by atoms with Gasteiger partial charge in [0.25, 0.3) is 0 Å². The molecule has 0 aromatic carbocycles. The molecule has 1 saturated heterocycles. The largest absolute Gasteiger partial charge is 0.464 e. The van der Waals surface area contributed by atoms with Crippen LogP contribution in [-0.2, 0) is 9.47 Å². The van der Waals surface area contributed by atoms with Gasteiger partial charge in [-0.25, -0.2) is 0 Å². The average Bonchev–Trinajstić information content (AvgIpc) is 2.13. The van der Waals surface area contributed by atoms with Gasteiger partial charge in [0.15, 0.2) is 0 Å². The van der Waals surface area contributed by atoms with Gasteiger partial charge in [-0.2, -0.15) is 0 Å². The summed E-state index contributed by atoms with van der Waals surface area (Å²) in [5.74, 6) is 0.364. The molecule has 2 nitrogen and oxygen atoms in total. The minimum absolute atomic E-state index is 0.339. The van der Waals surface area contributed by atoms with E-state index in [1.54, 1.807) is 6.92 Å². The molecule has 0 saturated carbocycles. The summed E-state index contributed by atoms with van der Waals surface area (Å²) < 4.78 is 10.3. The van der Waals surface area contributed by atoms with Gasteiger partial charge in [-0.3, -0.25) is 0 Å². The first-order valence-corrected chi connectivity index (χ1v) is 3.26. The molecule has 52 valence electrons. The lowest BCUT2D eigenvalue weighted by Gasteiger charge is -2.18. The first-order valence-electron chi connectivity index (χ1n) is 2.73. The van der Waals surface area contributed by atoms with Crippen molar-refractivity contribution in [3.8, 4) is 0 Å². The van der Waals surface area contributed by atoms with Crippen molar-refractivity contribution in [1.82, 2.24) is 0 Å². The van der Waals surface area contributed by atoms with Crippen LogP contribution in [0.5, 0.6) is 0 Å². The van der Waals surface area contributed by atoms with Crippen molar-refractivity contribution in [2.24, 2.45) is 0 Å². The third-order valence-corrected chi connectivity index (χ3v) is 1.63. The van der Waals surface area contributed by atoms with Gasteiger partial charge >= 0.3 is 0 Å². The molecule has 1 unspecified atom stereocenters. The van der Waals surface area contributed by atoms with Crippen LogP contribution in [-0.4, -0.2) is 18.3 Å². The molecule has 1 aliphatic rings. The summed E-state index contributed by atoms with van der Waals surface area (Å²) in [6.07, 6.45) is 0. The quantitative estimate of drug-likeness (QED) is 0.525. The first-order chi connectivity index (χ1) is 4.16. The second-order valence-corrected chi connectivity index (χ2v) is 2.46. The third-order valence-electron chi connectivity index (χ3n) is 1.14. The molecule has 0 aromatic rings. The van der Waals surface area contributed by atoms with Crippen molar-refractivity contribution in [3.63, 3.8) is 0 Å². The van der Waals surface area contributed by atoms with E-state index in [2.05, 4.69) is 6.58 Å². The summed E-state index contributed by atoms with van der Waals surface area (Å²) in [5.41, 5.74) is 0. The van der Waals surface area contributed by atoms with Crippen LogP contribution in [0.4, 0.5) is 0 Å². The summed E-state index contributed by atoms with van der Waals surface area (Å²) in [4.78, 5) is 0. The molecule has 1 atom stereocenters. The highest BCUT2D eigenvalue weighted by atomic mass is 35.5. The zero-order valence-electron chi connectivity index (χ0n) is 5.32. The number of alkyl halides is 1. The Labute approximate surface area is 59.4 Å². The van der Waals surface area contributed by atoms with E-state index >= 15 is 0 Å². The van der Waals surface area contributed by atoms with Crippen LogP contribution in [0.15, 0.2) is 12.3 Å². The maximum Gasteiger partial charge on any atom is 0.221 e. The van der Waals surface area contributed by atoms with Crippen molar-refractivity contribution in [2.45, 2.75) is 12.7 Å². The fourth-order valence-electron chi connectivity index (χ4n) is 0.663. The van der Waals surface area contributed by atoms with E-state index in [1.165, 1.54) is 0 Å². The van der Waals surface area contributed by atoms with Gasteiger partial charge < -0.3 is 9.47 Å². The Bertz CT molecular complexity index is 135. The maximum atomic E-state index is 5.52. The smallest absolute Gasteiger partial charge is 0.221 e. The lowest BCUT2D eigenvalue weighted by molar-refractivity contribution is -0.113. The van der Waals surface area contributed by atoms with Gasteiger partial charge in [-0.05, 0) is 0 Å². The Balaban J connectivity index is 2.54. The zero-order valence-corrected chi connectivity index (χ0v) is 6.07. The van der Waals surface area contributed by atoms with E-state index in [4.69, 9.17) is 21.1 Å². The second kappa shape index (κ2) is 2.20. The maximum absolute atomic E-state index is 5.52. The molecular formula is C6H9ClO2. The molecule has 9 heavy (non-hydrogen) atoms. The summed E-state index contributed by atoms with van der Waals surface area (Å²) >= 11 is 5.52. The molecule has 1 fully saturated rings. The SMILES string of the molecule is C=C1COC(C)(CCl)O1. The minimum atomic E-state index is -0.626. The monoisotopic (exact) mass is 148 g/mol. The van der Waals surface area contributed by atoms with E-state index in [0.717, 1.165) is 0 Å². The number of hydrogen-bond acceptors (Lipinski definition) is 2. The van der Waals surface area contributed by atoms with E-state index in [9.17, 15) is 0 Å². The zero-order chi connectivity index (χ0) is 6.91. The number of halogens is 1. The van der Waals surface area contributed by atoms with E-state index in [1.807, 2.05) is 0 Å². The minimum Gasteiger partial charge on any atom is -0.464 e. The Kier molecular flexibility index (Phi) is 1.68. The molecule has 0 radical (unpaired) electrons. The van der Waals surface area contributed by atoms with Crippen LogP contribution in [0.25, 0.3) is 0 Å². The van der Waals surface area contributed by atoms with E-state index in [-0.39, 0.29) is 0 Å². The third kappa shape index (κ3) is 1.37. The molecule has 1 heterocycles. The molecule has 3 heteroatoms. The van der Waals surface area contributed by atoms with Crippen LogP contribution in [0, 0.1) is 0 Å². The highest BCUT2D eigenvalue weighted by Crippen LogP contribution is 2.25. The standard InChI is InChI=1S/C6H9ClO2/c1-5-3-8-6(2,4-7)9-5/h1,3-4H2,2H3. The van der Waals surface area contributed by atoms with Gasteiger partial charge in [-0.1, -0.05) is 6.58 Å². The van der Waals surface area contributed by atoms with Crippen LogP contribution >= 0.6 is 11.6 Å². The van der Waals surface area contributed by atoms with Gasteiger partial charge in [0.1, 0.15) is 12.4 Å². The predicted octanol–water partition coefficient (Wildman–Crippen LogP) is 1.50. The van der Waals surface area contributed by atoms with Gasteiger partial charge in [0.05, 0.1) is 5.88 Å². The molecule has 0 N–H and O–H groups in total. The van der Waals surface area contributed by atoms with Gasteiger partial charge in [-0.15, -0.1) is 11.6 Å². The Morgan fingerprint density at radius 2 is 2.56 bits per heavy atom. The molecular weight excluding hydrogens is 140 g/mol. The Morgan fingerprint density at radius 3 is 2.78 bits per heavy atom. The lowest BCUT2D eigenvalue weighted by atomic mass is 10.4. The second-order valence-electron chi connectivity index (χ2n) is 2.20. The topological polar surface area (TPSA) is 18.5 Å². The summed E-state index contributed by atoms with van der Waals surface area (Å²) in [5, 5.41) is 0. The molecule has 0 spiro atoms. The molecule has 0 aromatic heterocycles. The number of rotatable bonds is 1. The summed E-state index contributed by atoms with van der Waals surface area (Å²) in [6.45, 7) is 5.84. The fourth-order valence-corrected chi connectivity index (χ4v) is 0.795. The lowest BCUT2D eigenvalue weighted by Crippen LogP contribution is -2.26. The van der Waals surface area contributed by atoms with Crippen LogP contribution in [0.3, 0.4) is 0 Å². The van der Waals surface area contributed by atoms with Crippen LogP contribution in [0.1, 0.15) is 6.92 Å². The van der Waals surface area contributed by atoms with Crippen molar-refractivity contribution < 1.29 is 9.47 Å². The van der Waals surface area contributed by atoms with Crippen molar-refractivity contribution in [3.05, 3.63) is 12.3 Å². The number of ether oxygens (including phenoxy) is 2. The highest BCUT2D eigenvalue weighted by Gasteiger charge is 2.32. The molecule has 1 rings (SSSR count). The number of hydrogen-bond donors (Lipinski definition) is 0. The first kappa shape index (κ1) is 6.90. The molecule has 0 bridgehead atoms.